The standard InChI is InChI=1S/C17H18N2O4/c1-12(13-5-6-14-15(10-13)23-9-8-22-14)18-16(20)11-19-7-3-2-4-17(19)21/h2-7,10,12H,8-9,11H2,1H3,(H,18,20). The summed E-state index contributed by atoms with van der Waals surface area (Å²) in [5.41, 5.74) is 0.720. The van der Waals surface area contributed by atoms with Crippen LogP contribution in [0, 0.1) is 0 Å². The quantitative estimate of drug-likeness (QED) is 0.928. The van der Waals surface area contributed by atoms with Gasteiger partial charge in [-0.25, -0.2) is 0 Å². The van der Waals surface area contributed by atoms with E-state index in [4.69, 9.17) is 9.47 Å². The van der Waals surface area contributed by atoms with Gasteiger partial charge in [0.25, 0.3) is 5.56 Å². The number of nitrogens with one attached hydrogen (secondary N) is 1. The van der Waals surface area contributed by atoms with Gasteiger partial charge in [-0.1, -0.05) is 12.1 Å². The summed E-state index contributed by atoms with van der Waals surface area (Å²) >= 11 is 0. The Hall–Kier alpha value is -2.76. The van der Waals surface area contributed by atoms with Crippen LogP contribution in [0.15, 0.2) is 47.4 Å². The molecular formula is C17H18N2O4. The molecular weight excluding hydrogens is 296 g/mol. The molecule has 1 N–H and O–H groups in total. The van der Waals surface area contributed by atoms with E-state index in [0.29, 0.717) is 19.0 Å². The first-order chi connectivity index (χ1) is 11.1. The third-order valence-corrected chi connectivity index (χ3v) is 3.66. The number of fused-ring (bicyclic) bond motifs is 1. The van der Waals surface area contributed by atoms with Crippen molar-refractivity contribution in [1.82, 2.24) is 9.88 Å². The molecule has 0 fully saturated rings. The first-order valence-electron chi connectivity index (χ1n) is 7.48. The van der Waals surface area contributed by atoms with Crippen LogP contribution in [0.5, 0.6) is 11.5 Å². The van der Waals surface area contributed by atoms with E-state index in [2.05, 4.69) is 5.32 Å². The molecule has 0 spiro atoms. The van der Waals surface area contributed by atoms with E-state index >= 15 is 0 Å². The maximum Gasteiger partial charge on any atom is 0.250 e. The highest BCUT2D eigenvalue weighted by Crippen LogP contribution is 2.32. The van der Waals surface area contributed by atoms with E-state index in [1.807, 2.05) is 25.1 Å². The first kappa shape index (κ1) is 15.1. The number of aromatic nitrogens is 1. The Morgan fingerprint density at radius 2 is 2.00 bits per heavy atom. The highest BCUT2D eigenvalue weighted by molar-refractivity contribution is 5.76. The smallest absolute Gasteiger partial charge is 0.250 e. The van der Waals surface area contributed by atoms with E-state index in [1.165, 1.54) is 10.6 Å². The van der Waals surface area contributed by atoms with Gasteiger partial charge in [-0.3, -0.25) is 9.59 Å². The molecule has 1 aliphatic heterocycles. The molecule has 3 rings (SSSR count). The van der Waals surface area contributed by atoms with Gasteiger partial charge < -0.3 is 19.4 Å². The summed E-state index contributed by atoms with van der Waals surface area (Å²) in [6.07, 6.45) is 1.59. The molecule has 23 heavy (non-hydrogen) atoms. The molecule has 1 aromatic carbocycles. The van der Waals surface area contributed by atoms with Crippen molar-refractivity contribution in [2.75, 3.05) is 13.2 Å². The Kier molecular flexibility index (Phi) is 4.32. The molecule has 1 aromatic heterocycles. The van der Waals surface area contributed by atoms with Crippen molar-refractivity contribution in [2.45, 2.75) is 19.5 Å². The van der Waals surface area contributed by atoms with Gasteiger partial charge in [-0.2, -0.15) is 0 Å². The topological polar surface area (TPSA) is 69.6 Å². The summed E-state index contributed by atoms with van der Waals surface area (Å²) in [5.74, 6) is 1.18. The fourth-order valence-electron chi connectivity index (χ4n) is 2.45. The lowest BCUT2D eigenvalue weighted by molar-refractivity contribution is -0.122. The van der Waals surface area contributed by atoms with Crippen LogP contribution in [0.25, 0.3) is 0 Å². The Morgan fingerprint density at radius 3 is 2.78 bits per heavy atom. The molecule has 2 heterocycles. The maximum atomic E-state index is 12.1. The molecule has 1 unspecified atom stereocenters. The summed E-state index contributed by atoms with van der Waals surface area (Å²) in [5, 5.41) is 2.88. The monoisotopic (exact) mass is 314 g/mol. The minimum atomic E-state index is -0.222. The minimum Gasteiger partial charge on any atom is -0.486 e. The zero-order chi connectivity index (χ0) is 16.2. The molecule has 6 nitrogen and oxygen atoms in total. The van der Waals surface area contributed by atoms with Crippen LogP contribution in [0.4, 0.5) is 0 Å². The van der Waals surface area contributed by atoms with E-state index in [0.717, 1.165) is 11.3 Å². The number of carbonyl (C=O) groups is 1. The zero-order valence-electron chi connectivity index (χ0n) is 12.8. The molecule has 1 amide bonds. The molecule has 120 valence electrons. The van der Waals surface area contributed by atoms with E-state index < -0.39 is 0 Å². The van der Waals surface area contributed by atoms with Gasteiger partial charge >= 0.3 is 0 Å². The van der Waals surface area contributed by atoms with Crippen molar-refractivity contribution in [2.24, 2.45) is 0 Å². The van der Waals surface area contributed by atoms with Crippen molar-refractivity contribution in [3.8, 4) is 11.5 Å². The number of hydrogen-bond donors (Lipinski definition) is 1. The Labute approximate surface area is 133 Å². The van der Waals surface area contributed by atoms with Crippen molar-refractivity contribution < 1.29 is 14.3 Å². The first-order valence-corrected chi connectivity index (χ1v) is 7.48. The van der Waals surface area contributed by atoms with Crippen molar-refractivity contribution in [3.05, 3.63) is 58.5 Å². The number of hydrogen-bond acceptors (Lipinski definition) is 4. The number of nitrogens with zero attached hydrogens (tertiary/aromatic N) is 1. The predicted molar refractivity (Wildman–Crippen MR) is 84.7 cm³/mol. The molecule has 0 radical (unpaired) electrons. The number of amides is 1. The summed E-state index contributed by atoms with van der Waals surface area (Å²) in [7, 11) is 0. The second kappa shape index (κ2) is 6.56. The van der Waals surface area contributed by atoms with Gasteiger partial charge in [0.15, 0.2) is 11.5 Å². The third-order valence-electron chi connectivity index (χ3n) is 3.66. The minimum absolute atomic E-state index is 0.00539. The number of pyridine rings is 1. The third kappa shape index (κ3) is 3.53. The van der Waals surface area contributed by atoms with Crippen LogP contribution in [-0.4, -0.2) is 23.7 Å². The fraction of sp³-hybridized carbons (Fsp3) is 0.294. The van der Waals surface area contributed by atoms with Crippen LogP contribution in [0.2, 0.25) is 0 Å². The molecule has 1 atom stereocenters. The van der Waals surface area contributed by atoms with E-state index in [9.17, 15) is 9.59 Å². The van der Waals surface area contributed by atoms with Crippen LogP contribution in [0.1, 0.15) is 18.5 Å². The summed E-state index contributed by atoms with van der Waals surface area (Å²) in [4.78, 5) is 23.7. The van der Waals surface area contributed by atoms with E-state index in [-0.39, 0.29) is 24.1 Å². The van der Waals surface area contributed by atoms with Gasteiger partial charge in [0.05, 0.1) is 6.04 Å². The second-order valence-corrected chi connectivity index (χ2v) is 5.36. The number of ether oxygens (including phenoxy) is 2. The van der Waals surface area contributed by atoms with Gasteiger partial charge in [0, 0.05) is 12.3 Å². The lowest BCUT2D eigenvalue weighted by atomic mass is 10.1. The zero-order valence-corrected chi connectivity index (χ0v) is 12.8. The summed E-state index contributed by atoms with van der Waals surface area (Å²) < 4.78 is 12.4. The van der Waals surface area contributed by atoms with Crippen LogP contribution in [-0.2, 0) is 11.3 Å². The highest BCUT2D eigenvalue weighted by atomic mass is 16.6. The van der Waals surface area contributed by atoms with E-state index in [1.54, 1.807) is 18.3 Å². The second-order valence-electron chi connectivity index (χ2n) is 5.36. The average Bonchev–Trinajstić information content (AvgIpc) is 2.56. The molecule has 0 bridgehead atoms. The normalized spacial score (nSPS) is 14.1. The molecule has 0 saturated carbocycles. The fourth-order valence-corrected chi connectivity index (χ4v) is 2.45. The van der Waals surface area contributed by atoms with Crippen molar-refractivity contribution >= 4 is 5.91 Å². The molecule has 1 aliphatic rings. The maximum absolute atomic E-state index is 12.1. The van der Waals surface area contributed by atoms with Crippen molar-refractivity contribution in [1.29, 1.82) is 0 Å². The molecule has 6 heteroatoms. The van der Waals surface area contributed by atoms with Gasteiger partial charge in [0.2, 0.25) is 5.91 Å². The number of rotatable bonds is 4. The average molecular weight is 314 g/mol. The molecule has 0 aliphatic carbocycles. The Balaban J connectivity index is 1.67. The Bertz CT molecular complexity index is 769. The Morgan fingerprint density at radius 1 is 1.22 bits per heavy atom. The van der Waals surface area contributed by atoms with Crippen LogP contribution >= 0.6 is 0 Å². The molecule has 2 aromatic rings. The number of carbonyl (C=O) groups excluding carboxylic acids is 1. The largest absolute Gasteiger partial charge is 0.486 e. The lowest BCUT2D eigenvalue weighted by Crippen LogP contribution is -2.33. The number of benzene rings is 1. The van der Waals surface area contributed by atoms with Crippen LogP contribution < -0.4 is 20.3 Å². The predicted octanol–water partition coefficient (Wildman–Crippen LogP) is 1.50. The van der Waals surface area contributed by atoms with Gasteiger partial charge in [-0.05, 0) is 30.7 Å². The van der Waals surface area contributed by atoms with Crippen LogP contribution in [0.3, 0.4) is 0 Å². The van der Waals surface area contributed by atoms with Crippen molar-refractivity contribution in [3.63, 3.8) is 0 Å². The highest BCUT2D eigenvalue weighted by Gasteiger charge is 2.16. The summed E-state index contributed by atoms with van der Waals surface area (Å²) in [6, 6.07) is 10.2. The lowest BCUT2D eigenvalue weighted by Gasteiger charge is -2.21. The molecule has 0 saturated heterocycles. The van der Waals surface area contributed by atoms with Gasteiger partial charge in [0.1, 0.15) is 19.8 Å². The summed E-state index contributed by atoms with van der Waals surface area (Å²) in [6.45, 7) is 2.95. The van der Waals surface area contributed by atoms with Gasteiger partial charge in [-0.15, -0.1) is 0 Å². The SMILES string of the molecule is CC(NC(=O)Cn1ccccc1=O)c1ccc2c(c1)OCCO2.